The summed E-state index contributed by atoms with van der Waals surface area (Å²) in [4.78, 5) is 2.32. The van der Waals surface area contributed by atoms with Crippen molar-refractivity contribution in [3.8, 4) is 0 Å². The van der Waals surface area contributed by atoms with E-state index in [9.17, 15) is 0 Å². The zero-order chi connectivity index (χ0) is 12.5. The van der Waals surface area contributed by atoms with Crippen molar-refractivity contribution in [2.24, 2.45) is 5.92 Å². The van der Waals surface area contributed by atoms with Crippen LogP contribution in [-0.4, -0.2) is 38.1 Å². The molecule has 0 aliphatic heterocycles. The quantitative estimate of drug-likeness (QED) is 0.687. The minimum absolute atomic E-state index is 0.760. The van der Waals surface area contributed by atoms with Crippen molar-refractivity contribution in [3.05, 3.63) is 0 Å². The van der Waals surface area contributed by atoms with E-state index in [-0.39, 0.29) is 0 Å². The molecule has 0 heterocycles. The highest BCUT2D eigenvalue weighted by atomic mass is 15.1. The molecule has 102 valence electrons. The molecule has 0 aromatic carbocycles. The van der Waals surface area contributed by atoms with Crippen LogP contribution in [0.15, 0.2) is 0 Å². The molecule has 0 spiro atoms. The molecular formula is C15H32N2. The van der Waals surface area contributed by atoms with Crippen LogP contribution in [-0.2, 0) is 0 Å². The number of nitrogens with one attached hydrogen (secondary N) is 1. The fourth-order valence-corrected chi connectivity index (χ4v) is 2.94. The summed E-state index contributed by atoms with van der Waals surface area (Å²) in [5.41, 5.74) is 0. The Hall–Kier alpha value is -0.0800. The maximum absolute atomic E-state index is 3.80. The van der Waals surface area contributed by atoms with Crippen molar-refractivity contribution >= 4 is 0 Å². The summed E-state index contributed by atoms with van der Waals surface area (Å²) < 4.78 is 0. The average molecular weight is 240 g/mol. The predicted octanol–water partition coefficient (Wildman–Crippen LogP) is 3.28. The van der Waals surface area contributed by atoms with Crippen LogP contribution in [0.25, 0.3) is 0 Å². The maximum Gasteiger partial charge on any atom is 0.0107 e. The minimum atomic E-state index is 0.760. The molecule has 2 heteroatoms. The molecule has 1 aliphatic carbocycles. The Morgan fingerprint density at radius 3 is 2.29 bits per heavy atom. The third kappa shape index (κ3) is 6.42. The summed E-state index contributed by atoms with van der Waals surface area (Å²) >= 11 is 0. The molecule has 0 aromatic rings. The molecule has 0 aromatic heterocycles. The van der Waals surface area contributed by atoms with E-state index >= 15 is 0 Å². The number of rotatable bonds is 7. The second kappa shape index (κ2) is 8.93. The van der Waals surface area contributed by atoms with Gasteiger partial charge in [-0.25, -0.2) is 0 Å². The summed E-state index contributed by atoms with van der Waals surface area (Å²) in [6, 6.07) is 0.760. The van der Waals surface area contributed by atoms with E-state index in [1.54, 1.807) is 0 Å². The van der Waals surface area contributed by atoms with E-state index in [0.717, 1.165) is 12.0 Å². The topological polar surface area (TPSA) is 15.3 Å². The first-order chi connectivity index (χ1) is 8.24. The van der Waals surface area contributed by atoms with E-state index in [1.165, 1.54) is 64.5 Å². The fraction of sp³-hybridized carbons (Fsp3) is 1.00. The Kier molecular flexibility index (Phi) is 7.87. The average Bonchev–Trinajstić information content (AvgIpc) is 2.57. The first kappa shape index (κ1) is 15.0. The molecule has 0 radical (unpaired) electrons. The van der Waals surface area contributed by atoms with Gasteiger partial charge in [-0.15, -0.1) is 0 Å². The van der Waals surface area contributed by atoms with Gasteiger partial charge >= 0.3 is 0 Å². The lowest BCUT2D eigenvalue weighted by atomic mass is 9.89. The molecule has 17 heavy (non-hydrogen) atoms. The molecule has 2 nitrogen and oxygen atoms in total. The van der Waals surface area contributed by atoms with Gasteiger partial charge < -0.3 is 10.2 Å². The Labute approximate surface area is 108 Å². The SMILES string of the molecule is CCCNC(CCN(C)C)C1CCCCCC1. The van der Waals surface area contributed by atoms with Crippen LogP contribution in [0.3, 0.4) is 0 Å². The van der Waals surface area contributed by atoms with E-state index in [1.807, 2.05) is 0 Å². The molecule has 1 N–H and O–H groups in total. The summed E-state index contributed by atoms with van der Waals surface area (Å²) in [5.74, 6) is 0.934. The van der Waals surface area contributed by atoms with Gasteiger partial charge in [-0.3, -0.25) is 0 Å². The van der Waals surface area contributed by atoms with Gasteiger partial charge in [0.05, 0.1) is 0 Å². The Bertz CT molecular complexity index is 172. The molecule has 1 unspecified atom stereocenters. The lowest BCUT2D eigenvalue weighted by Gasteiger charge is -2.28. The summed E-state index contributed by atoms with van der Waals surface area (Å²) in [5, 5.41) is 3.80. The molecule has 1 saturated carbocycles. The van der Waals surface area contributed by atoms with Gasteiger partial charge in [-0.2, -0.15) is 0 Å². The molecule has 0 saturated heterocycles. The van der Waals surface area contributed by atoms with Crippen LogP contribution in [0.5, 0.6) is 0 Å². The second-order valence-electron chi connectivity index (χ2n) is 5.90. The van der Waals surface area contributed by atoms with Crippen LogP contribution < -0.4 is 5.32 Å². The molecule has 1 fully saturated rings. The lowest BCUT2D eigenvalue weighted by molar-refractivity contribution is 0.273. The van der Waals surface area contributed by atoms with Crippen LogP contribution >= 0.6 is 0 Å². The third-order valence-corrected chi connectivity index (χ3v) is 4.01. The zero-order valence-corrected chi connectivity index (χ0v) is 12.2. The van der Waals surface area contributed by atoms with Crippen LogP contribution in [0.4, 0.5) is 0 Å². The Morgan fingerprint density at radius 2 is 1.76 bits per heavy atom. The molecule has 0 amide bonds. The molecule has 0 bridgehead atoms. The fourth-order valence-electron chi connectivity index (χ4n) is 2.94. The predicted molar refractivity (Wildman–Crippen MR) is 76.4 cm³/mol. The van der Waals surface area contributed by atoms with Gasteiger partial charge in [0.1, 0.15) is 0 Å². The normalized spacial score (nSPS) is 20.5. The smallest absolute Gasteiger partial charge is 0.0107 e. The van der Waals surface area contributed by atoms with Gasteiger partial charge in [0, 0.05) is 6.04 Å². The molecule has 1 aliphatic rings. The van der Waals surface area contributed by atoms with Crippen molar-refractivity contribution in [1.29, 1.82) is 0 Å². The second-order valence-corrected chi connectivity index (χ2v) is 5.90. The number of nitrogens with zero attached hydrogens (tertiary/aromatic N) is 1. The molecule has 1 atom stereocenters. The van der Waals surface area contributed by atoms with Crippen molar-refractivity contribution in [1.82, 2.24) is 10.2 Å². The highest BCUT2D eigenvalue weighted by Gasteiger charge is 2.21. The van der Waals surface area contributed by atoms with E-state index in [0.29, 0.717) is 0 Å². The van der Waals surface area contributed by atoms with E-state index in [4.69, 9.17) is 0 Å². The van der Waals surface area contributed by atoms with Gasteiger partial charge in [0.2, 0.25) is 0 Å². The number of hydrogen-bond acceptors (Lipinski definition) is 2. The first-order valence-corrected chi connectivity index (χ1v) is 7.62. The summed E-state index contributed by atoms with van der Waals surface area (Å²) in [6.45, 7) is 4.68. The van der Waals surface area contributed by atoms with Crippen LogP contribution in [0.1, 0.15) is 58.3 Å². The van der Waals surface area contributed by atoms with Crippen molar-refractivity contribution in [2.45, 2.75) is 64.3 Å². The standard InChI is InChI=1S/C15H32N2/c1-4-12-16-15(11-13-17(2)3)14-9-7-5-6-8-10-14/h14-16H,4-13H2,1-3H3. The number of hydrogen-bond donors (Lipinski definition) is 1. The lowest BCUT2D eigenvalue weighted by Crippen LogP contribution is -2.38. The van der Waals surface area contributed by atoms with Gasteiger partial charge in [-0.1, -0.05) is 32.6 Å². The van der Waals surface area contributed by atoms with E-state index < -0.39 is 0 Å². The van der Waals surface area contributed by atoms with Crippen LogP contribution in [0, 0.1) is 5.92 Å². The minimum Gasteiger partial charge on any atom is -0.314 e. The van der Waals surface area contributed by atoms with Crippen molar-refractivity contribution in [2.75, 3.05) is 27.2 Å². The third-order valence-electron chi connectivity index (χ3n) is 4.01. The summed E-state index contributed by atoms with van der Waals surface area (Å²) in [6.07, 6.45) is 11.3. The largest absolute Gasteiger partial charge is 0.314 e. The van der Waals surface area contributed by atoms with Gasteiger partial charge in [0.15, 0.2) is 0 Å². The summed E-state index contributed by atoms with van der Waals surface area (Å²) in [7, 11) is 4.37. The molecular weight excluding hydrogens is 208 g/mol. The first-order valence-electron chi connectivity index (χ1n) is 7.62. The van der Waals surface area contributed by atoms with Crippen molar-refractivity contribution < 1.29 is 0 Å². The van der Waals surface area contributed by atoms with Gasteiger partial charge in [0.25, 0.3) is 0 Å². The zero-order valence-electron chi connectivity index (χ0n) is 12.2. The Balaban J connectivity index is 2.40. The monoisotopic (exact) mass is 240 g/mol. The van der Waals surface area contributed by atoms with Gasteiger partial charge in [-0.05, 0) is 58.8 Å². The highest BCUT2D eigenvalue weighted by Crippen LogP contribution is 2.26. The van der Waals surface area contributed by atoms with E-state index in [2.05, 4.69) is 31.2 Å². The Morgan fingerprint density at radius 1 is 1.12 bits per heavy atom. The maximum atomic E-state index is 3.80. The molecule has 1 rings (SSSR count). The van der Waals surface area contributed by atoms with Crippen LogP contribution in [0.2, 0.25) is 0 Å². The van der Waals surface area contributed by atoms with Crippen molar-refractivity contribution in [3.63, 3.8) is 0 Å². The highest BCUT2D eigenvalue weighted by molar-refractivity contribution is 4.79.